The molecule has 0 amide bonds. The fraction of sp³-hybridized carbons (Fsp3) is 0.700. The maximum atomic E-state index is 12.4. The second kappa shape index (κ2) is 3.71. The van der Waals surface area contributed by atoms with Crippen LogP contribution in [-0.4, -0.2) is 35.4 Å². The molecule has 0 spiro atoms. The predicted octanol–water partition coefficient (Wildman–Crippen LogP) is 0.423. The summed E-state index contributed by atoms with van der Waals surface area (Å²) < 4.78 is 27.8. The average Bonchev–Trinajstić information content (AvgIpc) is 2.70. The summed E-state index contributed by atoms with van der Waals surface area (Å²) in [5, 5.41) is 0.0928. The highest BCUT2D eigenvalue weighted by atomic mass is 32.2. The summed E-state index contributed by atoms with van der Waals surface area (Å²) in [5.74, 6) is 0.0669. The van der Waals surface area contributed by atoms with Crippen LogP contribution >= 0.6 is 0 Å². The fourth-order valence-electron chi connectivity index (χ4n) is 2.14. The first-order valence-electron chi connectivity index (χ1n) is 5.51. The van der Waals surface area contributed by atoms with Crippen LogP contribution in [-0.2, 0) is 17.1 Å². The van der Waals surface area contributed by atoms with Crippen LogP contribution in [0.15, 0.2) is 11.4 Å². The van der Waals surface area contributed by atoms with Gasteiger partial charge in [0, 0.05) is 20.1 Å². The van der Waals surface area contributed by atoms with Gasteiger partial charge in [-0.05, 0) is 11.8 Å². The molecular formula is C10H18N4O2S. The van der Waals surface area contributed by atoms with E-state index in [1.54, 1.807) is 7.05 Å². The number of aromatic nitrogens is 2. The number of nitrogens with two attached hydrogens (primary N) is 1. The van der Waals surface area contributed by atoms with Crippen LogP contribution in [0.25, 0.3) is 0 Å². The molecule has 1 aliphatic rings. The average molecular weight is 258 g/mol. The van der Waals surface area contributed by atoms with Crippen molar-refractivity contribution in [3.8, 4) is 0 Å². The van der Waals surface area contributed by atoms with Crippen molar-refractivity contribution in [2.24, 2.45) is 12.5 Å². The van der Waals surface area contributed by atoms with Crippen LogP contribution in [0.2, 0.25) is 0 Å². The summed E-state index contributed by atoms with van der Waals surface area (Å²) in [6.07, 6.45) is 2.29. The molecule has 0 unspecified atom stereocenters. The molecule has 96 valence electrons. The monoisotopic (exact) mass is 258 g/mol. The Labute approximate surface area is 101 Å². The van der Waals surface area contributed by atoms with E-state index < -0.39 is 10.0 Å². The zero-order valence-electron chi connectivity index (χ0n) is 10.3. The third-order valence-corrected chi connectivity index (χ3v) is 5.11. The quantitative estimate of drug-likeness (QED) is 0.833. The second-order valence-electron chi connectivity index (χ2n) is 5.30. The number of anilines is 1. The normalized spacial score (nSPS) is 20.9. The Bertz CT molecular complexity index is 513. The van der Waals surface area contributed by atoms with E-state index in [2.05, 4.69) is 18.8 Å². The van der Waals surface area contributed by atoms with Crippen molar-refractivity contribution in [3.63, 3.8) is 0 Å². The standard InChI is InChI=1S/C10H18N4O2S/c1-10(2)4-5-14(6-10)17(15,16)9-8(11)12-7-13(9)3/h7H,4-6,11H2,1-3H3. The van der Waals surface area contributed by atoms with Gasteiger partial charge in [0.05, 0.1) is 6.33 Å². The van der Waals surface area contributed by atoms with E-state index in [1.807, 2.05) is 0 Å². The van der Waals surface area contributed by atoms with Gasteiger partial charge in [-0.3, -0.25) is 0 Å². The van der Waals surface area contributed by atoms with Gasteiger partial charge in [0.2, 0.25) is 0 Å². The van der Waals surface area contributed by atoms with Crippen LogP contribution in [0.3, 0.4) is 0 Å². The summed E-state index contributed by atoms with van der Waals surface area (Å²) in [5.41, 5.74) is 5.65. The zero-order chi connectivity index (χ0) is 12.8. The van der Waals surface area contributed by atoms with Gasteiger partial charge in [-0.15, -0.1) is 0 Å². The Hall–Kier alpha value is -1.08. The number of hydrogen-bond acceptors (Lipinski definition) is 4. The van der Waals surface area contributed by atoms with Gasteiger partial charge >= 0.3 is 0 Å². The maximum Gasteiger partial charge on any atom is 0.262 e. The van der Waals surface area contributed by atoms with Crippen molar-refractivity contribution in [1.82, 2.24) is 13.9 Å². The molecule has 1 fully saturated rings. The summed E-state index contributed by atoms with van der Waals surface area (Å²) in [4.78, 5) is 3.83. The Morgan fingerprint density at radius 2 is 2.12 bits per heavy atom. The number of nitrogens with zero attached hydrogens (tertiary/aromatic N) is 3. The molecule has 7 heteroatoms. The first kappa shape index (κ1) is 12.4. The number of aryl methyl sites for hydroxylation is 1. The van der Waals surface area contributed by atoms with Crippen LogP contribution in [0.1, 0.15) is 20.3 Å². The van der Waals surface area contributed by atoms with Gasteiger partial charge in [0.1, 0.15) is 0 Å². The lowest BCUT2D eigenvalue weighted by molar-refractivity contribution is 0.374. The number of nitrogen functional groups attached to an aromatic ring is 1. The number of imidazole rings is 1. The Kier molecular flexibility index (Phi) is 2.70. The molecule has 2 heterocycles. The van der Waals surface area contributed by atoms with Gasteiger partial charge in [-0.1, -0.05) is 13.8 Å². The molecule has 17 heavy (non-hydrogen) atoms. The van der Waals surface area contributed by atoms with Crippen LogP contribution in [0.4, 0.5) is 5.82 Å². The molecule has 0 bridgehead atoms. The molecule has 0 aliphatic carbocycles. The lowest BCUT2D eigenvalue weighted by Gasteiger charge is -2.19. The molecule has 1 aliphatic heterocycles. The van der Waals surface area contributed by atoms with E-state index in [4.69, 9.17) is 5.73 Å². The van der Waals surface area contributed by atoms with E-state index in [1.165, 1.54) is 15.2 Å². The highest BCUT2D eigenvalue weighted by Crippen LogP contribution is 2.33. The molecule has 1 aromatic heterocycles. The van der Waals surface area contributed by atoms with E-state index in [0.29, 0.717) is 13.1 Å². The minimum Gasteiger partial charge on any atom is -0.381 e. The fourth-order valence-corrected chi connectivity index (χ4v) is 3.97. The van der Waals surface area contributed by atoms with E-state index in [-0.39, 0.29) is 16.3 Å². The van der Waals surface area contributed by atoms with Gasteiger partial charge in [-0.2, -0.15) is 4.31 Å². The van der Waals surface area contributed by atoms with Crippen molar-refractivity contribution in [3.05, 3.63) is 6.33 Å². The number of hydrogen-bond donors (Lipinski definition) is 1. The molecule has 0 atom stereocenters. The third-order valence-electron chi connectivity index (χ3n) is 3.14. The Balaban J connectivity index is 2.39. The lowest BCUT2D eigenvalue weighted by atomic mass is 9.93. The lowest BCUT2D eigenvalue weighted by Crippen LogP contribution is -2.32. The predicted molar refractivity (Wildman–Crippen MR) is 64.8 cm³/mol. The van der Waals surface area contributed by atoms with Crippen molar-refractivity contribution in [2.45, 2.75) is 25.3 Å². The molecule has 1 aromatic rings. The minimum atomic E-state index is -3.52. The SMILES string of the molecule is Cn1cnc(N)c1S(=O)(=O)N1CCC(C)(C)C1. The van der Waals surface area contributed by atoms with Gasteiger partial charge in [0.15, 0.2) is 10.8 Å². The van der Waals surface area contributed by atoms with E-state index in [9.17, 15) is 8.42 Å². The van der Waals surface area contributed by atoms with Crippen molar-refractivity contribution < 1.29 is 8.42 Å². The van der Waals surface area contributed by atoms with Crippen molar-refractivity contribution >= 4 is 15.8 Å². The smallest absolute Gasteiger partial charge is 0.262 e. The van der Waals surface area contributed by atoms with Crippen LogP contribution in [0.5, 0.6) is 0 Å². The minimum absolute atomic E-state index is 0.0282. The summed E-state index contributed by atoms with van der Waals surface area (Å²) in [6, 6.07) is 0. The first-order chi connectivity index (χ1) is 7.74. The van der Waals surface area contributed by atoms with Crippen LogP contribution in [0, 0.1) is 5.41 Å². The van der Waals surface area contributed by atoms with E-state index in [0.717, 1.165) is 6.42 Å². The summed E-state index contributed by atoms with van der Waals surface area (Å²) >= 11 is 0. The summed E-state index contributed by atoms with van der Waals surface area (Å²) in [7, 11) is -1.88. The zero-order valence-corrected chi connectivity index (χ0v) is 11.2. The molecular weight excluding hydrogens is 240 g/mol. The maximum absolute atomic E-state index is 12.4. The Morgan fingerprint density at radius 1 is 1.47 bits per heavy atom. The topological polar surface area (TPSA) is 81.2 Å². The first-order valence-corrected chi connectivity index (χ1v) is 6.95. The summed E-state index contributed by atoms with van der Waals surface area (Å²) in [6.45, 7) is 5.20. The number of rotatable bonds is 2. The largest absolute Gasteiger partial charge is 0.381 e. The van der Waals surface area contributed by atoms with Crippen molar-refractivity contribution in [2.75, 3.05) is 18.8 Å². The van der Waals surface area contributed by atoms with Gasteiger partial charge in [-0.25, -0.2) is 13.4 Å². The molecule has 2 rings (SSSR count). The highest BCUT2D eigenvalue weighted by Gasteiger charge is 2.39. The van der Waals surface area contributed by atoms with E-state index >= 15 is 0 Å². The second-order valence-corrected chi connectivity index (χ2v) is 7.15. The Morgan fingerprint density at radius 3 is 2.53 bits per heavy atom. The molecule has 0 aromatic carbocycles. The third kappa shape index (κ3) is 2.04. The highest BCUT2D eigenvalue weighted by molar-refractivity contribution is 7.89. The van der Waals surface area contributed by atoms with Crippen LogP contribution < -0.4 is 5.73 Å². The molecule has 6 nitrogen and oxygen atoms in total. The molecule has 2 N–H and O–H groups in total. The molecule has 0 saturated carbocycles. The van der Waals surface area contributed by atoms with Crippen molar-refractivity contribution in [1.29, 1.82) is 0 Å². The molecule has 1 saturated heterocycles. The number of sulfonamides is 1. The van der Waals surface area contributed by atoms with Gasteiger partial charge in [0.25, 0.3) is 10.0 Å². The van der Waals surface area contributed by atoms with Gasteiger partial charge < -0.3 is 10.3 Å². The molecule has 0 radical (unpaired) electrons.